The summed E-state index contributed by atoms with van der Waals surface area (Å²) in [6.45, 7) is 20.9. The van der Waals surface area contributed by atoms with Crippen LogP contribution in [0.2, 0.25) is 0 Å². The zero-order valence-electron chi connectivity index (χ0n) is 52.1. The third-order valence-electron chi connectivity index (χ3n) is 15.6. The van der Waals surface area contributed by atoms with Crippen LogP contribution < -0.4 is 15.0 Å². The number of hydrogen-bond acceptors (Lipinski definition) is 3. The first-order chi connectivity index (χ1) is 39.8. The van der Waals surface area contributed by atoms with Crippen molar-refractivity contribution in [1.82, 2.24) is 18.6 Å². The van der Waals surface area contributed by atoms with Gasteiger partial charge < -0.3 is 0 Å². The van der Waals surface area contributed by atoms with E-state index in [0.717, 1.165) is 66.2 Å². The van der Waals surface area contributed by atoms with Gasteiger partial charge in [-0.25, -0.2) is 0 Å². The Balaban J connectivity index is 1.06. The zero-order valence-corrected chi connectivity index (χ0v) is 47.4. The second kappa shape index (κ2) is 19.2. The van der Waals surface area contributed by atoms with E-state index in [1.807, 2.05) is 92.7 Å². The average molecular weight is 1190 g/mol. The molecule has 4 heterocycles. The minimum absolute atomic E-state index is 0.106. The van der Waals surface area contributed by atoms with E-state index in [1.165, 1.54) is 0 Å². The molecule has 0 saturated carbocycles. The van der Waals surface area contributed by atoms with Gasteiger partial charge in [-0.15, -0.1) is 5.39 Å². The molecule has 0 N–H and O–H groups in total. The molecule has 0 fully saturated rings. The fourth-order valence-corrected chi connectivity index (χ4v) is 11.9. The van der Waals surface area contributed by atoms with E-state index in [9.17, 15) is 5.48 Å². The molecule has 0 atom stereocenters. The van der Waals surface area contributed by atoms with Crippen LogP contribution in [-0.4, -0.2) is 25.6 Å². The minimum atomic E-state index is -1.78. The van der Waals surface area contributed by atoms with Gasteiger partial charge in [-0.3, -0.25) is 0 Å². The number of imidazole rings is 1. The molecule has 0 radical (unpaired) electrons. The molecule has 0 saturated heterocycles. The quantitative estimate of drug-likeness (QED) is 0.0957. The van der Waals surface area contributed by atoms with Gasteiger partial charge in [-0.1, -0.05) is 48.5 Å². The molecule has 386 valence electrons. The van der Waals surface area contributed by atoms with Crippen LogP contribution in [0, 0.1) is 27.3 Å². The van der Waals surface area contributed by atoms with Gasteiger partial charge in [0.2, 0.25) is 0 Å². The van der Waals surface area contributed by atoms with Crippen molar-refractivity contribution in [2.24, 2.45) is 11.3 Å². The number of hydrogen-bond donors (Lipinski definition) is 0. The second-order valence-corrected chi connectivity index (χ2v) is 24.0. The summed E-state index contributed by atoms with van der Waals surface area (Å²) in [6.07, 6.45) is -1.78. The summed E-state index contributed by atoms with van der Waals surface area (Å²) < 4.78 is 78.9. The SMILES string of the molecule is [2H]c1c([2H])c([2H])c(-c2cc(C(C)(C)C(C)(C)C)cc(-c3ccc(C(C)(C)C)cc3)c2-n2[c](=[Pt])n(-c3[c-]c(Oc4cc(C([2H])([2H])C(C)C)cc(N5B(c6ccccc6)n6c7ccccc7c7cc[c-]c5c76)n4)ccc3)c3ccccc32)c([2H])c1[2H]. The summed E-state index contributed by atoms with van der Waals surface area (Å²) in [4.78, 5) is 7.42. The van der Waals surface area contributed by atoms with Crippen molar-refractivity contribution in [2.45, 2.75) is 86.4 Å². The Morgan fingerprint density at radius 2 is 1.34 bits per heavy atom. The fraction of sp³-hybridized carbons (Fsp3) is 0.217. The van der Waals surface area contributed by atoms with E-state index >= 15 is 0 Å². The molecular weight excluding hydrogens is 1120 g/mol. The van der Waals surface area contributed by atoms with Gasteiger partial charge in [0.05, 0.1) is 0 Å². The number of anilines is 2. The van der Waals surface area contributed by atoms with Gasteiger partial charge in [-0.2, -0.15) is 12.1 Å². The molecule has 12 rings (SSSR count). The van der Waals surface area contributed by atoms with Crippen molar-refractivity contribution in [3.05, 3.63) is 221 Å². The Bertz CT molecular complexity index is 4490. The predicted octanol–water partition coefficient (Wildman–Crippen LogP) is 16.9. The summed E-state index contributed by atoms with van der Waals surface area (Å²) >= 11 is 2.33. The molecule has 11 aromatic rings. The monoisotopic (exact) mass is 1190 g/mol. The molecule has 8 aromatic carbocycles. The topological polar surface area (TPSA) is 40.1 Å². The zero-order chi connectivity index (χ0) is 59.7. The number of nitrogens with zero attached hydrogens (tertiary/aromatic N) is 5. The molecule has 0 amide bonds. The van der Waals surface area contributed by atoms with Crippen LogP contribution in [0.3, 0.4) is 0 Å². The molecule has 3 aromatic heterocycles. The van der Waals surface area contributed by atoms with E-state index in [4.69, 9.17) is 13.8 Å². The maximum absolute atomic E-state index is 9.54. The predicted molar refractivity (Wildman–Crippen MR) is 317 cm³/mol. The average Bonchev–Trinajstić information content (AvgIpc) is 2.00. The number of fused-ring (bicyclic) bond motifs is 4. The molecule has 77 heavy (non-hydrogen) atoms. The number of rotatable bonds is 11. The molecule has 8 heteroatoms. The second-order valence-electron chi connectivity index (χ2n) is 23.0. The molecule has 0 bridgehead atoms. The van der Waals surface area contributed by atoms with Crippen LogP contribution in [0.15, 0.2) is 188 Å². The Morgan fingerprint density at radius 1 is 0.675 bits per heavy atom. The van der Waals surface area contributed by atoms with Crippen LogP contribution >= 0.6 is 0 Å². The van der Waals surface area contributed by atoms with Crippen LogP contribution in [0.1, 0.15) is 95.5 Å². The summed E-state index contributed by atoms with van der Waals surface area (Å²) in [5, 5.41) is 2.22. The molecule has 1 aliphatic heterocycles. The van der Waals surface area contributed by atoms with Crippen molar-refractivity contribution < 1.29 is 33.7 Å². The normalized spacial score (nSPS) is 14.5. The Hall–Kier alpha value is -7.47. The Labute approximate surface area is 475 Å². The van der Waals surface area contributed by atoms with Crippen molar-refractivity contribution in [2.75, 3.05) is 4.81 Å². The van der Waals surface area contributed by atoms with Gasteiger partial charge in [0.1, 0.15) is 0 Å². The third kappa shape index (κ3) is 8.81. The summed E-state index contributed by atoms with van der Waals surface area (Å²) in [6, 6.07) is 58.1. The number of benzene rings is 8. The van der Waals surface area contributed by atoms with Crippen molar-refractivity contribution in [1.29, 1.82) is 0 Å². The molecule has 0 spiro atoms. The molecule has 0 aliphatic carbocycles. The summed E-state index contributed by atoms with van der Waals surface area (Å²) in [5.41, 5.74) is 10.8. The number of ether oxygens (including phenoxy) is 1. The van der Waals surface area contributed by atoms with E-state index < -0.39 is 35.8 Å². The van der Waals surface area contributed by atoms with E-state index in [0.29, 0.717) is 37.9 Å². The van der Waals surface area contributed by atoms with Gasteiger partial charge in [0.15, 0.2) is 0 Å². The number of para-hydroxylation sites is 3. The molecular formula is C69H64BN5OPt-2. The Kier molecular flexibility index (Phi) is 10.6. The van der Waals surface area contributed by atoms with Crippen molar-refractivity contribution in [3.63, 3.8) is 0 Å². The third-order valence-corrected chi connectivity index (χ3v) is 16.7. The first-order valence-electron chi connectivity index (χ1n) is 29.8. The fourth-order valence-electron chi connectivity index (χ4n) is 10.8. The van der Waals surface area contributed by atoms with Gasteiger partial charge in [0.25, 0.3) is 0 Å². The van der Waals surface area contributed by atoms with Gasteiger partial charge in [-0.05, 0) is 11.5 Å². The standard InChI is InChI=1S/C69H64BN5O.Pt/c1-46(2)39-47-40-63(74-62-34-22-30-56-55-29-17-18-31-59(55)75(66(56)62)70(74)52-25-15-12-16-26-52)71-64(41-47)76-54-28-21-27-53(44-54)72-45-73(61-33-20-19-32-60(61)72)65-57(48-23-13-11-14-24-48)42-51(69(9,10)68(6,7)8)43-58(65)49-35-37-50(38-36-49)67(3,4)5;/h11-33,35-38,40-43,46H,39H2,1-10H3;/q-2;/i11D,13D,14D,23D,24D,39D2;. The molecule has 6 nitrogen and oxygen atoms in total. The van der Waals surface area contributed by atoms with E-state index in [1.54, 1.807) is 6.07 Å². The Morgan fingerprint density at radius 3 is 2.03 bits per heavy atom. The van der Waals surface area contributed by atoms with E-state index in [2.05, 4.69) is 178 Å². The van der Waals surface area contributed by atoms with Crippen molar-refractivity contribution in [3.8, 4) is 45.3 Å². The molecule has 1 aliphatic rings. The van der Waals surface area contributed by atoms with Gasteiger partial charge in [0, 0.05) is 5.52 Å². The first kappa shape index (κ1) is 42.6. The number of aromatic nitrogens is 4. The van der Waals surface area contributed by atoms with Crippen molar-refractivity contribution >= 4 is 56.8 Å². The first-order valence-corrected chi connectivity index (χ1v) is 27.5. The maximum atomic E-state index is 9.54. The summed E-state index contributed by atoms with van der Waals surface area (Å²) in [7, 11) is 0. The summed E-state index contributed by atoms with van der Waals surface area (Å²) in [5.74, 6) is 0.630. The van der Waals surface area contributed by atoms with Crippen LogP contribution in [0.4, 0.5) is 11.5 Å². The molecule has 0 unspecified atom stereocenters. The number of pyridine rings is 1. The van der Waals surface area contributed by atoms with Crippen LogP contribution in [0.5, 0.6) is 11.6 Å². The van der Waals surface area contributed by atoms with E-state index in [-0.39, 0.29) is 41.3 Å². The van der Waals surface area contributed by atoms with Crippen LogP contribution in [0.25, 0.3) is 66.5 Å². The van der Waals surface area contributed by atoms with Gasteiger partial charge >= 0.3 is 394 Å². The van der Waals surface area contributed by atoms with Crippen LogP contribution in [-0.2, 0) is 36.6 Å².